The Balaban J connectivity index is 2.07. The van der Waals surface area contributed by atoms with E-state index in [0.717, 1.165) is 6.54 Å². The van der Waals surface area contributed by atoms with Crippen molar-refractivity contribution in [3.05, 3.63) is 0 Å². The molecule has 1 unspecified atom stereocenters. The predicted octanol–water partition coefficient (Wildman–Crippen LogP) is 2.30. The SMILES string of the molecule is CCNc1nc(NC(C)C2CCCC2)nc(OC)n1. The molecule has 1 saturated carbocycles. The van der Waals surface area contributed by atoms with Gasteiger partial charge < -0.3 is 15.4 Å². The molecule has 0 bridgehead atoms. The number of ether oxygens (including phenoxy) is 1. The van der Waals surface area contributed by atoms with Crippen molar-refractivity contribution in [2.75, 3.05) is 24.3 Å². The molecule has 1 fully saturated rings. The van der Waals surface area contributed by atoms with Crippen molar-refractivity contribution in [1.82, 2.24) is 15.0 Å². The van der Waals surface area contributed by atoms with Crippen molar-refractivity contribution in [2.45, 2.75) is 45.6 Å². The summed E-state index contributed by atoms with van der Waals surface area (Å²) in [4.78, 5) is 12.8. The van der Waals surface area contributed by atoms with Crippen molar-refractivity contribution in [3.63, 3.8) is 0 Å². The second-order valence-electron chi connectivity index (χ2n) is 4.98. The highest BCUT2D eigenvalue weighted by Crippen LogP contribution is 2.28. The number of hydrogen-bond donors (Lipinski definition) is 2. The molecule has 0 spiro atoms. The van der Waals surface area contributed by atoms with E-state index >= 15 is 0 Å². The van der Waals surface area contributed by atoms with Gasteiger partial charge in [0.15, 0.2) is 0 Å². The fourth-order valence-corrected chi connectivity index (χ4v) is 2.53. The smallest absolute Gasteiger partial charge is 0.322 e. The zero-order chi connectivity index (χ0) is 13.7. The standard InChI is InChI=1S/C13H23N5O/c1-4-14-11-16-12(18-13(17-11)19-3)15-9(2)10-7-5-6-8-10/h9-10H,4-8H2,1-3H3,(H2,14,15,16,17,18). The van der Waals surface area contributed by atoms with Gasteiger partial charge >= 0.3 is 6.01 Å². The van der Waals surface area contributed by atoms with Crippen LogP contribution in [-0.2, 0) is 0 Å². The van der Waals surface area contributed by atoms with E-state index in [-0.39, 0.29) is 0 Å². The second kappa shape index (κ2) is 6.54. The normalized spacial score (nSPS) is 17.2. The van der Waals surface area contributed by atoms with E-state index < -0.39 is 0 Å². The Morgan fingerprint density at radius 3 is 2.53 bits per heavy atom. The lowest BCUT2D eigenvalue weighted by molar-refractivity contribution is 0.379. The van der Waals surface area contributed by atoms with Gasteiger partial charge in [0.05, 0.1) is 7.11 Å². The van der Waals surface area contributed by atoms with E-state index in [4.69, 9.17) is 4.74 Å². The maximum absolute atomic E-state index is 5.11. The highest BCUT2D eigenvalue weighted by molar-refractivity contribution is 5.36. The number of hydrogen-bond acceptors (Lipinski definition) is 6. The molecule has 0 aliphatic heterocycles. The lowest BCUT2D eigenvalue weighted by Gasteiger charge is -2.20. The molecule has 6 nitrogen and oxygen atoms in total. The summed E-state index contributed by atoms with van der Waals surface area (Å²) in [7, 11) is 1.56. The van der Waals surface area contributed by atoms with Crippen molar-refractivity contribution in [1.29, 1.82) is 0 Å². The summed E-state index contributed by atoms with van der Waals surface area (Å²) in [5.41, 5.74) is 0. The molecule has 0 radical (unpaired) electrons. The number of anilines is 2. The Kier molecular flexibility index (Phi) is 4.76. The summed E-state index contributed by atoms with van der Waals surface area (Å²) in [6, 6.07) is 0.719. The largest absolute Gasteiger partial charge is 0.467 e. The molecule has 106 valence electrons. The van der Waals surface area contributed by atoms with Gasteiger partial charge in [-0.15, -0.1) is 0 Å². The fourth-order valence-electron chi connectivity index (χ4n) is 2.53. The van der Waals surface area contributed by atoms with Gasteiger partial charge in [0.1, 0.15) is 0 Å². The second-order valence-corrected chi connectivity index (χ2v) is 4.98. The highest BCUT2D eigenvalue weighted by Gasteiger charge is 2.22. The van der Waals surface area contributed by atoms with Gasteiger partial charge in [-0.2, -0.15) is 15.0 Å². The van der Waals surface area contributed by atoms with Crippen LogP contribution in [0.15, 0.2) is 0 Å². The Labute approximate surface area is 114 Å². The zero-order valence-corrected chi connectivity index (χ0v) is 11.9. The molecule has 1 aliphatic rings. The zero-order valence-electron chi connectivity index (χ0n) is 11.9. The number of nitrogens with one attached hydrogen (secondary N) is 2. The minimum atomic E-state index is 0.340. The molecule has 1 atom stereocenters. The van der Waals surface area contributed by atoms with Crippen LogP contribution in [0, 0.1) is 5.92 Å². The molecule has 19 heavy (non-hydrogen) atoms. The van der Waals surface area contributed by atoms with Gasteiger partial charge in [-0.1, -0.05) is 12.8 Å². The van der Waals surface area contributed by atoms with Crippen LogP contribution in [0.2, 0.25) is 0 Å². The fraction of sp³-hybridized carbons (Fsp3) is 0.769. The van der Waals surface area contributed by atoms with Crippen molar-refractivity contribution >= 4 is 11.9 Å². The predicted molar refractivity (Wildman–Crippen MR) is 75.6 cm³/mol. The van der Waals surface area contributed by atoms with Crippen LogP contribution >= 0.6 is 0 Å². The molecule has 6 heteroatoms. The van der Waals surface area contributed by atoms with E-state index in [1.54, 1.807) is 7.11 Å². The summed E-state index contributed by atoms with van der Waals surface area (Å²) >= 11 is 0. The third-order valence-corrected chi connectivity index (χ3v) is 3.60. The van der Waals surface area contributed by atoms with Crippen molar-refractivity contribution in [3.8, 4) is 6.01 Å². The first-order chi connectivity index (χ1) is 9.22. The van der Waals surface area contributed by atoms with E-state index in [9.17, 15) is 0 Å². The van der Waals surface area contributed by atoms with Crippen molar-refractivity contribution < 1.29 is 4.74 Å². The average Bonchev–Trinajstić information content (AvgIpc) is 2.92. The third-order valence-electron chi connectivity index (χ3n) is 3.60. The molecular formula is C13H23N5O. The molecule has 2 N–H and O–H groups in total. The van der Waals surface area contributed by atoms with Gasteiger partial charge in [-0.05, 0) is 32.6 Å². The third kappa shape index (κ3) is 3.68. The summed E-state index contributed by atoms with van der Waals surface area (Å²) < 4.78 is 5.11. The molecule has 1 aromatic heterocycles. The highest BCUT2D eigenvalue weighted by atomic mass is 16.5. The number of rotatable bonds is 6. The summed E-state index contributed by atoms with van der Waals surface area (Å²) in [5.74, 6) is 1.85. The topological polar surface area (TPSA) is 72.0 Å². The molecule has 1 aliphatic carbocycles. The molecule has 1 aromatic rings. The first-order valence-corrected chi connectivity index (χ1v) is 7.03. The maximum atomic E-state index is 5.11. The van der Waals surface area contributed by atoms with E-state index in [0.29, 0.717) is 29.9 Å². The maximum Gasteiger partial charge on any atom is 0.322 e. The average molecular weight is 265 g/mol. The molecule has 0 amide bonds. The van der Waals surface area contributed by atoms with Crippen LogP contribution in [0.4, 0.5) is 11.9 Å². The Morgan fingerprint density at radius 2 is 1.89 bits per heavy atom. The molecule has 1 heterocycles. The van der Waals surface area contributed by atoms with E-state index in [1.165, 1.54) is 25.7 Å². The first-order valence-electron chi connectivity index (χ1n) is 7.03. The van der Waals surface area contributed by atoms with Crippen LogP contribution in [0.25, 0.3) is 0 Å². The van der Waals surface area contributed by atoms with Gasteiger partial charge in [0.25, 0.3) is 0 Å². The van der Waals surface area contributed by atoms with Crippen LogP contribution < -0.4 is 15.4 Å². The summed E-state index contributed by atoms with van der Waals surface area (Å²) in [5, 5.41) is 6.46. The molecule has 0 saturated heterocycles. The summed E-state index contributed by atoms with van der Waals surface area (Å²) in [6.07, 6.45) is 5.24. The Bertz CT molecular complexity index is 406. The van der Waals surface area contributed by atoms with Gasteiger partial charge in [0.2, 0.25) is 11.9 Å². The lowest BCUT2D eigenvalue weighted by Crippen LogP contribution is -2.25. The molecular weight excluding hydrogens is 242 g/mol. The van der Waals surface area contributed by atoms with Crippen LogP contribution in [-0.4, -0.2) is 34.6 Å². The van der Waals surface area contributed by atoms with Gasteiger partial charge in [0, 0.05) is 12.6 Å². The molecule has 0 aromatic carbocycles. The number of methoxy groups -OCH3 is 1. The monoisotopic (exact) mass is 265 g/mol. The first kappa shape index (κ1) is 13.8. The Morgan fingerprint density at radius 1 is 1.21 bits per heavy atom. The van der Waals surface area contributed by atoms with Crippen LogP contribution in [0.3, 0.4) is 0 Å². The Hall–Kier alpha value is -1.59. The lowest BCUT2D eigenvalue weighted by atomic mass is 10.0. The number of nitrogens with zero attached hydrogens (tertiary/aromatic N) is 3. The van der Waals surface area contributed by atoms with Gasteiger partial charge in [-0.3, -0.25) is 0 Å². The van der Waals surface area contributed by atoms with Gasteiger partial charge in [-0.25, -0.2) is 0 Å². The summed E-state index contributed by atoms with van der Waals surface area (Å²) in [6.45, 7) is 4.97. The van der Waals surface area contributed by atoms with Crippen LogP contribution in [0.5, 0.6) is 6.01 Å². The minimum absolute atomic E-state index is 0.340. The van der Waals surface area contributed by atoms with Crippen LogP contribution in [0.1, 0.15) is 39.5 Å². The van der Waals surface area contributed by atoms with E-state index in [2.05, 4.69) is 32.5 Å². The minimum Gasteiger partial charge on any atom is -0.467 e. The van der Waals surface area contributed by atoms with E-state index in [1.807, 2.05) is 6.92 Å². The molecule has 2 rings (SSSR count). The number of aromatic nitrogens is 3. The quantitative estimate of drug-likeness (QED) is 0.822. The van der Waals surface area contributed by atoms with Crippen molar-refractivity contribution in [2.24, 2.45) is 5.92 Å².